The third kappa shape index (κ3) is 3.03. The highest BCUT2D eigenvalue weighted by Crippen LogP contribution is 2.37. The Morgan fingerprint density at radius 2 is 1.62 bits per heavy atom. The van der Waals surface area contributed by atoms with E-state index in [2.05, 4.69) is 4.74 Å². The molecular formula is C14H18BF3O3. The molecule has 7 heteroatoms. The summed E-state index contributed by atoms with van der Waals surface area (Å²) >= 11 is 0. The first-order chi connectivity index (χ1) is 9.53. The summed E-state index contributed by atoms with van der Waals surface area (Å²) in [4.78, 5) is 0. The van der Waals surface area contributed by atoms with Gasteiger partial charge >= 0.3 is 13.7 Å². The van der Waals surface area contributed by atoms with Gasteiger partial charge < -0.3 is 14.0 Å². The minimum absolute atomic E-state index is 0.139. The van der Waals surface area contributed by atoms with Crippen molar-refractivity contribution in [1.29, 1.82) is 0 Å². The maximum absolute atomic E-state index is 14.2. The molecule has 0 aromatic heterocycles. The van der Waals surface area contributed by atoms with E-state index in [9.17, 15) is 13.2 Å². The zero-order valence-corrected chi connectivity index (χ0v) is 12.7. The lowest BCUT2D eigenvalue weighted by molar-refractivity contribution is -0.0494. The number of benzene rings is 1. The fourth-order valence-corrected chi connectivity index (χ4v) is 2.10. The molecule has 1 aliphatic heterocycles. The Bertz CT molecular complexity index is 531. The van der Waals surface area contributed by atoms with Crippen molar-refractivity contribution in [2.24, 2.45) is 0 Å². The lowest BCUT2D eigenvalue weighted by Gasteiger charge is -2.32. The smallest absolute Gasteiger partial charge is 0.435 e. The molecule has 0 N–H and O–H groups in total. The molecule has 116 valence electrons. The number of rotatable bonds is 3. The van der Waals surface area contributed by atoms with Gasteiger partial charge in [-0.3, -0.25) is 0 Å². The Labute approximate surface area is 122 Å². The molecule has 0 amide bonds. The van der Waals surface area contributed by atoms with Gasteiger partial charge in [-0.1, -0.05) is 0 Å². The molecule has 0 saturated carbocycles. The van der Waals surface area contributed by atoms with Gasteiger partial charge in [0.15, 0.2) is 0 Å². The Hall–Kier alpha value is -1.21. The SMILES string of the molecule is Cc1cc(F)c(B2OC(C)(C)C(C)(C)O2)c(OC(F)F)c1. The molecule has 2 rings (SSSR count). The summed E-state index contributed by atoms with van der Waals surface area (Å²) in [5.41, 5.74) is -1.06. The highest BCUT2D eigenvalue weighted by atomic mass is 19.3. The summed E-state index contributed by atoms with van der Waals surface area (Å²) in [7, 11) is -1.09. The average molecular weight is 302 g/mol. The van der Waals surface area contributed by atoms with Crippen molar-refractivity contribution in [3.05, 3.63) is 23.5 Å². The molecule has 1 aliphatic rings. The predicted molar refractivity (Wildman–Crippen MR) is 73.5 cm³/mol. The van der Waals surface area contributed by atoms with E-state index in [0.717, 1.165) is 0 Å². The van der Waals surface area contributed by atoms with Crippen LogP contribution in [0, 0.1) is 12.7 Å². The molecular weight excluding hydrogens is 284 g/mol. The van der Waals surface area contributed by atoms with E-state index < -0.39 is 30.7 Å². The van der Waals surface area contributed by atoms with Gasteiger partial charge in [-0.05, 0) is 52.3 Å². The van der Waals surface area contributed by atoms with Crippen LogP contribution >= 0.6 is 0 Å². The maximum Gasteiger partial charge on any atom is 0.501 e. The topological polar surface area (TPSA) is 27.7 Å². The van der Waals surface area contributed by atoms with Crippen LogP contribution in [0.5, 0.6) is 5.75 Å². The molecule has 1 aromatic carbocycles. The van der Waals surface area contributed by atoms with Crippen molar-refractivity contribution < 1.29 is 27.2 Å². The third-order valence-corrected chi connectivity index (χ3v) is 3.94. The lowest BCUT2D eigenvalue weighted by Crippen LogP contribution is -2.41. The number of hydrogen-bond acceptors (Lipinski definition) is 3. The maximum atomic E-state index is 14.2. The van der Waals surface area contributed by atoms with Gasteiger partial charge in [-0.2, -0.15) is 8.78 Å². The van der Waals surface area contributed by atoms with Crippen LogP contribution in [0.2, 0.25) is 0 Å². The van der Waals surface area contributed by atoms with E-state index in [-0.39, 0.29) is 11.2 Å². The molecule has 0 unspecified atom stereocenters. The highest BCUT2D eigenvalue weighted by molar-refractivity contribution is 6.63. The van der Waals surface area contributed by atoms with E-state index in [1.807, 2.05) is 0 Å². The van der Waals surface area contributed by atoms with Crippen LogP contribution in [0.4, 0.5) is 13.2 Å². The van der Waals surface area contributed by atoms with Gasteiger partial charge in [0.25, 0.3) is 0 Å². The van der Waals surface area contributed by atoms with Gasteiger partial charge in [0.05, 0.1) is 16.7 Å². The quantitative estimate of drug-likeness (QED) is 0.803. The summed E-state index contributed by atoms with van der Waals surface area (Å²) in [5.74, 6) is -0.954. The van der Waals surface area contributed by atoms with Gasteiger partial charge in [-0.15, -0.1) is 0 Å². The number of ether oxygens (including phenoxy) is 1. The Balaban J connectivity index is 2.45. The normalized spacial score (nSPS) is 20.1. The van der Waals surface area contributed by atoms with Crippen molar-refractivity contribution in [2.45, 2.75) is 52.4 Å². The Kier molecular flexibility index (Phi) is 4.01. The summed E-state index contributed by atoms with van der Waals surface area (Å²) < 4.78 is 55.1. The molecule has 0 aliphatic carbocycles. The third-order valence-electron chi connectivity index (χ3n) is 3.94. The number of aryl methyl sites for hydroxylation is 1. The minimum Gasteiger partial charge on any atom is -0.435 e. The van der Waals surface area contributed by atoms with Crippen LogP contribution < -0.4 is 10.2 Å². The number of hydrogen-bond donors (Lipinski definition) is 0. The first-order valence-electron chi connectivity index (χ1n) is 6.64. The monoisotopic (exact) mass is 302 g/mol. The summed E-state index contributed by atoms with van der Waals surface area (Å²) in [6.07, 6.45) is 0. The number of alkyl halides is 2. The molecule has 21 heavy (non-hydrogen) atoms. The van der Waals surface area contributed by atoms with E-state index in [1.54, 1.807) is 34.6 Å². The largest absolute Gasteiger partial charge is 0.501 e. The van der Waals surface area contributed by atoms with Gasteiger partial charge in [-0.25, -0.2) is 4.39 Å². The number of halogens is 3. The van der Waals surface area contributed by atoms with Gasteiger partial charge in [0.2, 0.25) is 0 Å². The first-order valence-corrected chi connectivity index (χ1v) is 6.64. The molecule has 0 radical (unpaired) electrons. The van der Waals surface area contributed by atoms with Crippen molar-refractivity contribution in [3.8, 4) is 5.75 Å². The fraction of sp³-hybridized carbons (Fsp3) is 0.571. The minimum atomic E-state index is -3.05. The van der Waals surface area contributed by atoms with Gasteiger partial charge in [0, 0.05) is 0 Å². The van der Waals surface area contributed by atoms with E-state index in [1.165, 1.54) is 12.1 Å². The molecule has 1 heterocycles. The summed E-state index contributed by atoms with van der Waals surface area (Å²) in [6, 6.07) is 2.58. The molecule has 0 atom stereocenters. The van der Waals surface area contributed by atoms with Crippen molar-refractivity contribution in [3.63, 3.8) is 0 Å². The van der Waals surface area contributed by atoms with Crippen LogP contribution in [0.25, 0.3) is 0 Å². The van der Waals surface area contributed by atoms with Crippen LogP contribution in [0.3, 0.4) is 0 Å². The first kappa shape index (κ1) is 16.2. The van der Waals surface area contributed by atoms with Crippen molar-refractivity contribution >= 4 is 12.6 Å². The summed E-state index contributed by atoms with van der Waals surface area (Å²) in [5, 5.41) is 0. The van der Waals surface area contributed by atoms with Crippen LogP contribution in [-0.2, 0) is 9.31 Å². The van der Waals surface area contributed by atoms with Crippen molar-refractivity contribution in [2.75, 3.05) is 0 Å². The summed E-state index contributed by atoms with van der Waals surface area (Å²) in [6.45, 7) is 5.74. The molecule has 1 aromatic rings. The standard InChI is InChI=1S/C14H18BF3O3/c1-8-6-9(16)11(10(7-8)19-12(17)18)15-20-13(2,3)14(4,5)21-15/h6-7,12H,1-5H3. The van der Waals surface area contributed by atoms with Gasteiger partial charge in [0.1, 0.15) is 11.6 Å². The van der Waals surface area contributed by atoms with E-state index in [0.29, 0.717) is 5.56 Å². The Morgan fingerprint density at radius 3 is 2.10 bits per heavy atom. The average Bonchev–Trinajstić information content (AvgIpc) is 2.44. The second-order valence-electron chi connectivity index (χ2n) is 6.13. The van der Waals surface area contributed by atoms with Crippen LogP contribution in [0.1, 0.15) is 33.3 Å². The van der Waals surface area contributed by atoms with Crippen LogP contribution in [-0.4, -0.2) is 24.9 Å². The molecule has 0 spiro atoms. The van der Waals surface area contributed by atoms with E-state index in [4.69, 9.17) is 9.31 Å². The van der Waals surface area contributed by atoms with Crippen molar-refractivity contribution in [1.82, 2.24) is 0 Å². The molecule has 0 bridgehead atoms. The zero-order valence-electron chi connectivity index (χ0n) is 12.7. The Morgan fingerprint density at radius 1 is 1.10 bits per heavy atom. The zero-order chi connectivity index (χ0) is 16.0. The lowest BCUT2D eigenvalue weighted by atomic mass is 9.77. The fourth-order valence-electron chi connectivity index (χ4n) is 2.10. The molecule has 1 saturated heterocycles. The van der Waals surface area contributed by atoms with Crippen LogP contribution in [0.15, 0.2) is 12.1 Å². The second kappa shape index (κ2) is 5.21. The highest BCUT2D eigenvalue weighted by Gasteiger charge is 2.53. The van der Waals surface area contributed by atoms with E-state index >= 15 is 0 Å². The molecule has 1 fully saturated rings. The molecule has 3 nitrogen and oxygen atoms in total. The second-order valence-corrected chi connectivity index (χ2v) is 6.13. The predicted octanol–water partition coefficient (Wildman–Crippen LogP) is 3.03.